The molecule has 242 valence electrons. The van der Waals surface area contributed by atoms with Gasteiger partial charge < -0.3 is 30.5 Å². The molecule has 0 bridgehead atoms. The van der Waals surface area contributed by atoms with Crippen LogP contribution in [-0.4, -0.2) is 51.2 Å². The molecule has 0 aliphatic rings. The Morgan fingerprint density at radius 3 is 2.09 bits per heavy atom. The maximum atomic E-state index is 14.6. The van der Waals surface area contributed by atoms with Gasteiger partial charge in [0, 0.05) is 18.7 Å². The Morgan fingerprint density at radius 1 is 0.826 bits per heavy atom. The molecular formula is C37H43N3O6. The Hall–Kier alpha value is -5.05. The van der Waals surface area contributed by atoms with E-state index >= 15 is 0 Å². The molecule has 0 aliphatic carbocycles. The minimum atomic E-state index is -1.09. The van der Waals surface area contributed by atoms with Crippen molar-refractivity contribution in [3.8, 4) is 11.5 Å². The normalized spacial score (nSPS) is 12.6. The number of amides is 3. The van der Waals surface area contributed by atoms with E-state index in [9.17, 15) is 24.6 Å². The van der Waals surface area contributed by atoms with Crippen LogP contribution in [0.5, 0.6) is 11.5 Å². The molecule has 0 aromatic heterocycles. The summed E-state index contributed by atoms with van der Waals surface area (Å²) in [4.78, 5) is 43.3. The number of ether oxygens (including phenoxy) is 1. The fourth-order valence-electron chi connectivity index (χ4n) is 5.22. The Bertz CT molecular complexity index is 1630. The van der Waals surface area contributed by atoms with Gasteiger partial charge in [0.25, 0.3) is 5.91 Å². The zero-order chi connectivity index (χ0) is 33.3. The lowest BCUT2D eigenvalue weighted by Gasteiger charge is -2.34. The summed E-state index contributed by atoms with van der Waals surface area (Å²) in [5.74, 6) is -0.808. The molecule has 4 rings (SSSR count). The molecule has 46 heavy (non-hydrogen) atoms. The molecule has 0 saturated carbocycles. The molecular weight excluding hydrogens is 582 g/mol. The predicted octanol–water partition coefficient (Wildman–Crippen LogP) is 7.09. The highest BCUT2D eigenvalue weighted by molar-refractivity contribution is 6.00. The van der Waals surface area contributed by atoms with Crippen molar-refractivity contribution in [2.24, 2.45) is 0 Å². The molecule has 0 fully saturated rings. The van der Waals surface area contributed by atoms with Crippen molar-refractivity contribution in [1.82, 2.24) is 10.2 Å². The van der Waals surface area contributed by atoms with Crippen LogP contribution in [0.15, 0.2) is 91.0 Å². The first-order valence-electron chi connectivity index (χ1n) is 15.6. The van der Waals surface area contributed by atoms with Crippen LogP contribution in [0, 0.1) is 0 Å². The van der Waals surface area contributed by atoms with Gasteiger partial charge >= 0.3 is 6.09 Å². The van der Waals surface area contributed by atoms with E-state index in [4.69, 9.17) is 4.74 Å². The van der Waals surface area contributed by atoms with E-state index in [1.54, 1.807) is 45.0 Å². The van der Waals surface area contributed by atoms with E-state index in [0.29, 0.717) is 23.2 Å². The van der Waals surface area contributed by atoms with Crippen LogP contribution in [-0.2, 0) is 20.7 Å². The number of alkyl carbamates (subject to hydrolysis) is 1. The maximum absolute atomic E-state index is 14.6. The van der Waals surface area contributed by atoms with Gasteiger partial charge in [0.1, 0.15) is 29.2 Å². The maximum Gasteiger partial charge on any atom is 0.408 e. The quantitative estimate of drug-likeness (QED) is 0.125. The van der Waals surface area contributed by atoms with Gasteiger partial charge in [0.2, 0.25) is 5.91 Å². The number of benzene rings is 4. The molecule has 9 heteroatoms. The number of nitrogens with zero attached hydrogens (tertiary/aromatic N) is 1. The Morgan fingerprint density at radius 2 is 1.46 bits per heavy atom. The molecule has 3 amide bonds. The zero-order valence-corrected chi connectivity index (χ0v) is 26.8. The highest BCUT2D eigenvalue weighted by Gasteiger charge is 2.36. The first-order chi connectivity index (χ1) is 21.9. The number of hydrogen-bond acceptors (Lipinski definition) is 6. The Kier molecular flexibility index (Phi) is 11.2. The van der Waals surface area contributed by atoms with Gasteiger partial charge in [-0.3, -0.25) is 9.59 Å². The van der Waals surface area contributed by atoms with Crippen LogP contribution in [0.3, 0.4) is 0 Å². The molecule has 4 aromatic rings. The van der Waals surface area contributed by atoms with E-state index in [0.717, 1.165) is 23.6 Å². The van der Waals surface area contributed by atoms with Gasteiger partial charge in [0.05, 0.1) is 0 Å². The summed E-state index contributed by atoms with van der Waals surface area (Å²) < 4.78 is 5.51. The highest BCUT2D eigenvalue weighted by Crippen LogP contribution is 2.28. The minimum absolute atomic E-state index is 0.0260. The minimum Gasteiger partial charge on any atom is -0.508 e. The Balaban J connectivity index is 1.74. The monoisotopic (exact) mass is 625 g/mol. The second-order valence-electron chi connectivity index (χ2n) is 12.4. The van der Waals surface area contributed by atoms with Gasteiger partial charge in [0.15, 0.2) is 0 Å². The van der Waals surface area contributed by atoms with E-state index in [1.807, 2.05) is 49.4 Å². The second kappa shape index (κ2) is 15.3. The molecule has 0 radical (unpaired) electrons. The second-order valence-corrected chi connectivity index (χ2v) is 12.4. The summed E-state index contributed by atoms with van der Waals surface area (Å²) >= 11 is 0. The number of nitrogens with one attached hydrogen (secondary N) is 2. The SMILES string of the molecule is CCCCCN(C(=O)C(Cc1ccc(O)cc1)NC(=O)OC(C)(C)C)C(C(=O)Nc1ccc2ccccc2c1)c1ccc(O)cc1. The van der Waals surface area contributed by atoms with Gasteiger partial charge in [-0.05, 0) is 85.5 Å². The first-order valence-corrected chi connectivity index (χ1v) is 15.6. The third-order valence-electron chi connectivity index (χ3n) is 7.44. The van der Waals surface area contributed by atoms with Gasteiger partial charge in [-0.1, -0.05) is 74.4 Å². The summed E-state index contributed by atoms with van der Waals surface area (Å²) in [7, 11) is 0. The summed E-state index contributed by atoms with van der Waals surface area (Å²) in [5, 5.41) is 27.6. The third kappa shape index (κ3) is 9.47. The largest absolute Gasteiger partial charge is 0.508 e. The number of phenols is 2. The van der Waals surface area contributed by atoms with Crippen LogP contribution >= 0.6 is 0 Å². The van der Waals surface area contributed by atoms with Crippen molar-refractivity contribution in [2.75, 3.05) is 11.9 Å². The number of fused-ring (bicyclic) bond motifs is 1. The number of rotatable bonds is 12. The molecule has 0 spiro atoms. The van der Waals surface area contributed by atoms with Gasteiger partial charge in [-0.15, -0.1) is 0 Å². The van der Waals surface area contributed by atoms with Crippen molar-refractivity contribution in [2.45, 2.75) is 71.1 Å². The van der Waals surface area contributed by atoms with Crippen LogP contribution in [0.2, 0.25) is 0 Å². The van der Waals surface area contributed by atoms with Crippen molar-refractivity contribution < 1.29 is 29.3 Å². The fourth-order valence-corrected chi connectivity index (χ4v) is 5.22. The van der Waals surface area contributed by atoms with Gasteiger partial charge in [-0.25, -0.2) is 4.79 Å². The van der Waals surface area contributed by atoms with Crippen molar-refractivity contribution >= 4 is 34.4 Å². The third-order valence-corrected chi connectivity index (χ3v) is 7.44. The number of aromatic hydroxyl groups is 2. The molecule has 9 nitrogen and oxygen atoms in total. The van der Waals surface area contributed by atoms with Gasteiger partial charge in [-0.2, -0.15) is 0 Å². The predicted molar refractivity (Wildman–Crippen MR) is 180 cm³/mol. The van der Waals surface area contributed by atoms with E-state index in [-0.39, 0.29) is 24.5 Å². The highest BCUT2D eigenvalue weighted by atomic mass is 16.6. The van der Waals surface area contributed by atoms with E-state index < -0.39 is 35.6 Å². The number of carbonyl (C=O) groups excluding carboxylic acids is 3. The number of carbonyl (C=O) groups is 3. The molecule has 2 atom stereocenters. The number of anilines is 1. The summed E-state index contributed by atoms with van der Waals surface area (Å²) in [6.07, 6.45) is 1.67. The molecule has 0 saturated heterocycles. The molecule has 2 unspecified atom stereocenters. The van der Waals surface area contributed by atoms with Crippen molar-refractivity contribution in [3.63, 3.8) is 0 Å². The van der Waals surface area contributed by atoms with Crippen LogP contribution in [0.1, 0.15) is 64.1 Å². The number of unbranched alkanes of at least 4 members (excludes halogenated alkanes) is 2. The smallest absolute Gasteiger partial charge is 0.408 e. The topological polar surface area (TPSA) is 128 Å². The zero-order valence-electron chi connectivity index (χ0n) is 26.8. The lowest BCUT2D eigenvalue weighted by molar-refractivity contribution is -0.140. The first kappa shape index (κ1) is 33.8. The lowest BCUT2D eigenvalue weighted by atomic mass is 9.99. The summed E-state index contributed by atoms with van der Waals surface area (Å²) in [6, 6.07) is 23.8. The van der Waals surface area contributed by atoms with Crippen LogP contribution < -0.4 is 10.6 Å². The summed E-state index contributed by atoms with van der Waals surface area (Å²) in [6.45, 7) is 7.49. The standard InChI is InChI=1S/C37H43N3O6/c1-5-6-9-22-40(35(44)32(39-36(45)46-37(2,3)4)23-25-12-18-30(41)19-13-25)33(27-15-20-31(42)21-16-27)34(43)38-29-17-14-26-10-7-8-11-28(26)24-29/h7-8,10-21,24,32-33,41-42H,5-6,9,22-23H2,1-4H3,(H,38,43)(H,39,45). The number of phenolic OH excluding ortho intramolecular Hbond substituents is 2. The van der Waals surface area contributed by atoms with Crippen molar-refractivity contribution in [3.05, 3.63) is 102 Å². The number of hydrogen-bond donors (Lipinski definition) is 4. The molecule has 4 aromatic carbocycles. The fraction of sp³-hybridized carbons (Fsp3) is 0.324. The van der Waals surface area contributed by atoms with E-state index in [2.05, 4.69) is 10.6 Å². The molecule has 0 heterocycles. The Labute approximate surface area is 270 Å². The van der Waals surface area contributed by atoms with Crippen LogP contribution in [0.25, 0.3) is 10.8 Å². The lowest BCUT2D eigenvalue weighted by Crippen LogP contribution is -2.53. The molecule has 4 N–H and O–H groups in total. The average molecular weight is 626 g/mol. The average Bonchev–Trinajstić information content (AvgIpc) is 3.01. The molecule has 0 aliphatic heterocycles. The summed E-state index contributed by atoms with van der Waals surface area (Å²) in [5.41, 5.74) is 0.968. The van der Waals surface area contributed by atoms with E-state index in [1.165, 1.54) is 29.2 Å². The van der Waals surface area contributed by atoms with Crippen LogP contribution in [0.4, 0.5) is 10.5 Å². The van der Waals surface area contributed by atoms with Crippen molar-refractivity contribution in [1.29, 1.82) is 0 Å².